The Morgan fingerprint density at radius 1 is 0.392 bits per heavy atom. The Morgan fingerprint density at radius 2 is 0.696 bits per heavy atom. The van der Waals surface area contributed by atoms with Gasteiger partial charge in [-0.2, -0.15) is 0 Å². The SMILES string of the molecule is CC(C)(C)OC(=O)C(COCC[Si](C)(C)C)c1ccc(C[C@H](NC(=O)OCc2ccccc2)C(=O)O)cc1.C[C@H](Cc1ccc(C(COCC[Si](C)(C)C)C(=O)OC(C)(C)C)cc1)NC(=O)OCc1ccccc1.C[C@H](Cc1ccc(CC(=O)OC(C)(C)C)cc1)NC(=O)OCc1ccccc1. The number of hydrogen-bond acceptors (Lipinski definition) is 15. The zero-order valence-electron chi connectivity index (χ0n) is 63.2. The van der Waals surface area contributed by atoms with Gasteiger partial charge in [0, 0.05) is 47.9 Å². The number of carboxylic acids is 1. The number of carboxylic acid groups (broad SMARTS) is 1. The lowest BCUT2D eigenvalue weighted by Crippen LogP contribution is -2.42. The Bertz CT molecular complexity index is 3490. The van der Waals surface area contributed by atoms with Gasteiger partial charge >= 0.3 is 42.2 Å². The highest BCUT2D eigenvalue weighted by molar-refractivity contribution is 6.76. The van der Waals surface area contributed by atoms with Crippen molar-refractivity contribution in [3.05, 3.63) is 214 Å². The molecule has 0 saturated carbocycles. The molecule has 3 amide bonds. The molecular weight excluding hydrogens is 1330 g/mol. The summed E-state index contributed by atoms with van der Waals surface area (Å²) in [6.45, 7) is 36.5. The average molecular weight is 1440 g/mol. The van der Waals surface area contributed by atoms with E-state index in [0.29, 0.717) is 38.2 Å². The summed E-state index contributed by atoms with van der Waals surface area (Å²) in [5.41, 5.74) is 6.32. The van der Waals surface area contributed by atoms with Crippen LogP contribution in [0.4, 0.5) is 14.4 Å². The molecule has 102 heavy (non-hydrogen) atoms. The van der Waals surface area contributed by atoms with E-state index in [1.807, 2.05) is 216 Å². The van der Waals surface area contributed by atoms with Crippen molar-refractivity contribution in [1.82, 2.24) is 16.0 Å². The molecule has 0 aromatic heterocycles. The van der Waals surface area contributed by atoms with Crippen molar-refractivity contribution in [1.29, 1.82) is 0 Å². The van der Waals surface area contributed by atoms with Gasteiger partial charge in [-0.05, 0) is 151 Å². The minimum atomic E-state index is -1.27. The Morgan fingerprint density at radius 3 is 1.01 bits per heavy atom. The van der Waals surface area contributed by atoms with Crippen molar-refractivity contribution in [3.8, 4) is 0 Å². The predicted octanol–water partition coefficient (Wildman–Crippen LogP) is 16.1. The van der Waals surface area contributed by atoms with E-state index in [1.165, 1.54) is 0 Å². The second-order valence-electron chi connectivity index (χ2n) is 30.9. The van der Waals surface area contributed by atoms with Crippen LogP contribution in [0.5, 0.6) is 0 Å². The highest BCUT2D eigenvalue weighted by Gasteiger charge is 2.30. The molecule has 2 unspecified atom stereocenters. The number of benzene rings is 6. The van der Waals surface area contributed by atoms with Crippen LogP contribution in [-0.4, -0.2) is 125 Å². The summed E-state index contributed by atoms with van der Waals surface area (Å²) in [5, 5.41) is 17.7. The fourth-order valence-corrected chi connectivity index (χ4v) is 11.2. The Labute approximate surface area is 607 Å². The van der Waals surface area contributed by atoms with Gasteiger partial charge in [0.1, 0.15) is 54.5 Å². The fraction of sp³-hybridized carbons (Fsp3) is 0.469. The Balaban J connectivity index is 0.000000328. The van der Waals surface area contributed by atoms with E-state index in [2.05, 4.69) is 55.2 Å². The third kappa shape index (κ3) is 38.4. The van der Waals surface area contributed by atoms with Gasteiger partial charge in [0.15, 0.2) is 0 Å². The van der Waals surface area contributed by atoms with Crippen LogP contribution in [0.1, 0.15) is 138 Å². The number of hydrogen-bond donors (Lipinski definition) is 4. The second-order valence-corrected chi connectivity index (χ2v) is 42.2. The highest BCUT2D eigenvalue weighted by atomic mass is 28.3. The molecular formula is C81H113N3O16Si2. The standard InChI is InChI=1S/C29H41NO7Si.C29H43NO5Si.C23H29NO4/c1-29(2,3)37-27(33)24(20-35-16-17-38(4,5)6)23-14-12-21(13-15-23)18-25(26(31)32)30-28(34)36-19-22-10-8-7-9-11-22;1-22(30-28(32)34-20-24-11-9-8-10-12-24)19-23-13-15-25(16-14-23)26(27(31)35-29(2,3)4)21-33-17-18-36(5,6)7;1-17(24-22(26)27-16-20-8-6-5-7-9-20)14-18-10-12-19(13-11-18)15-21(25)28-23(2,3)4/h7-15,24-25H,16-20H2,1-6H3,(H,30,34)(H,31,32);8-16,22,26H,17-21H2,1-7H3,(H,30,32);5-13,17H,14-16H2,1-4H3,(H,24,26)/t24?,25-;22-,26?;17-/m011/s1. The Kier molecular flexibility index (Phi) is 35.4. The normalized spacial score (nSPS) is 13.1. The molecule has 0 heterocycles. The number of carbonyl (C=O) groups is 7. The van der Waals surface area contributed by atoms with E-state index in [4.69, 9.17) is 37.9 Å². The first kappa shape index (κ1) is 85.8. The number of amides is 3. The minimum Gasteiger partial charge on any atom is -0.480 e. The number of aliphatic carboxylic acids is 1. The van der Waals surface area contributed by atoms with Crippen molar-refractivity contribution in [2.45, 2.75) is 220 Å². The lowest BCUT2D eigenvalue weighted by Gasteiger charge is -2.25. The topological polar surface area (TPSA) is 250 Å². The highest BCUT2D eigenvalue weighted by Crippen LogP contribution is 2.26. The van der Waals surface area contributed by atoms with Crippen LogP contribution < -0.4 is 16.0 Å². The molecule has 0 aliphatic heterocycles. The van der Waals surface area contributed by atoms with Crippen LogP contribution in [-0.2, 0) is 103 Å². The van der Waals surface area contributed by atoms with E-state index in [1.54, 1.807) is 24.3 Å². The van der Waals surface area contributed by atoms with Crippen molar-refractivity contribution in [2.75, 3.05) is 26.4 Å². The van der Waals surface area contributed by atoms with E-state index in [-0.39, 0.29) is 69.3 Å². The first-order valence-electron chi connectivity index (χ1n) is 35.0. The molecule has 6 aromatic rings. The first-order valence-corrected chi connectivity index (χ1v) is 42.4. The van der Waals surface area contributed by atoms with Gasteiger partial charge in [-0.3, -0.25) is 14.4 Å². The van der Waals surface area contributed by atoms with Gasteiger partial charge in [0.25, 0.3) is 0 Å². The van der Waals surface area contributed by atoms with Crippen LogP contribution in [0.25, 0.3) is 0 Å². The van der Waals surface area contributed by atoms with Gasteiger partial charge in [0.2, 0.25) is 0 Å². The molecule has 0 radical (unpaired) electrons. The lowest BCUT2D eigenvalue weighted by atomic mass is 9.96. The third-order valence-electron chi connectivity index (χ3n) is 15.0. The lowest BCUT2D eigenvalue weighted by molar-refractivity contribution is -0.159. The molecule has 0 bridgehead atoms. The van der Waals surface area contributed by atoms with Crippen LogP contribution in [0.2, 0.25) is 51.4 Å². The number of rotatable bonds is 32. The van der Waals surface area contributed by atoms with Crippen molar-refractivity contribution in [2.24, 2.45) is 0 Å². The Hall–Kier alpha value is -8.64. The first-order chi connectivity index (χ1) is 47.8. The van der Waals surface area contributed by atoms with Crippen molar-refractivity contribution >= 4 is 58.3 Å². The summed E-state index contributed by atoms with van der Waals surface area (Å²) in [7, 11) is -2.48. The molecule has 0 aliphatic rings. The van der Waals surface area contributed by atoms with Crippen molar-refractivity contribution < 1.29 is 76.6 Å². The quantitative estimate of drug-likeness (QED) is 0.0133. The van der Waals surface area contributed by atoms with Gasteiger partial charge in [0.05, 0.1) is 19.6 Å². The summed E-state index contributed by atoms with van der Waals surface area (Å²) >= 11 is 0. The molecule has 5 atom stereocenters. The predicted molar refractivity (Wildman–Crippen MR) is 405 cm³/mol. The van der Waals surface area contributed by atoms with Gasteiger partial charge in [-0.25, -0.2) is 19.2 Å². The van der Waals surface area contributed by atoms with E-state index < -0.39 is 75.1 Å². The van der Waals surface area contributed by atoms with E-state index in [9.17, 15) is 38.7 Å². The largest absolute Gasteiger partial charge is 0.480 e. The molecule has 19 nitrogen and oxygen atoms in total. The van der Waals surface area contributed by atoms with Crippen LogP contribution in [0.3, 0.4) is 0 Å². The second kappa shape index (κ2) is 42.1. The number of nitrogens with one attached hydrogen (secondary N) is 3. The third-order valence-corrected chi connectivity index (χ3v) is 18.4. The minimum absolute atomic E-state index is 0.0414. The number of ether oxygens (including phenoxy) is 8. The van der Waals surface area contributed by atoms with E-state index in [0.717, 1.165) is 56.6 Å². The number of alkyl carbamates (subject to hydrolysis) is 3. The maximum absolute atomic E-state index is 13.0. The zero-order valence-corrected chi connectivity index (χ0v) is 65.2. The molecule has 0 fully saturated rings. The molecule has 4 N–H and O–H groups in total. The maximum Gasteiger partial charge on any atom is 0.408 e. The van der Waals surface area contributed by atoms with Crippen LogP contribution >= 0.6 is 0 Å². The molecule has 0 aliphatic carbocycles. The van der Waals surface area contributed by atoms with Crippen molar-refractivity contribution in [3.63, 3.8) is 0 Å². The fourth-order valence-electron chi connectivity index (χ4n) is 9.70. The molecule has 21 heteroatoms. The smallest absolute Gasteiger partial charge is 0.408 e. The van der Waals surface area contributed by atoms with Crippen LogP contribution in [0.15, 0.2) is 164 Å². The molecule has 0 spiro atoms. The molecule has 0 saturated heterocycles. The average Bonchev–Trinajstić information content (AvgIpc) is 0.849. The summed E-state index contributed by atoms with van der Waals surface area (Å²) in [5.74, 6) is -3.15. The van der Waals surface area contributed by atoms with Crippen LogP contribution in [0, 0.1) is 0 Å². The molecule has 6 rings (SSSR count). The molecule has 6 aromatic carbocycles. The van der Waals surface area contributed by atoms with Gasteiger partial charge < -0.3 is 59.0 Å². The summed E-state index contributed by atoms with van der Waals surface area (Å²) in [6, 6.07) is 51.7. The maximum atomic E-state index is 13.0. The monoisotopic (exact) mass is 1440 g/mol. The zero-order chi connectivity index (χ0) is 75.7. The van der Waals surface area contributed by atoms with Gasteiger partial charge in [-0.1, -0.05) is 203 Å². The summed E-state index contributed by atoms with van der Waals surface area (Å²) < 4.78 is 44.1. The van der Waals surface area contributed by atoms with Gasteiger partial charge in [-0.15, -0.1) is 0 Å². The number of esters is 3. The van der Waals surface area contributed by atoms with E-state index >= 15 is 0 Å². The molecule has 556 valence electrons. The summed E-state index contributed by atoms with van der Waals surface area (Å²) in [4.78, 5) is 85.8. The number of carbonyl (C=O) groups excluding carboxylic acids is 6. The summed E-state index contributed by atoms with van der Waals surface area (Å²) in [6.07, 6.45) is -0.0611.